The van der Waals surface area contributed by atoms with Gasteiger partial charge in [-0.1, -0.05) is 19.1 Å². The molecule has 0 saturated carbocycles. The number of aliphatic carboxylic acids is 1. The predicted molar refractivity (Wildman–Crippen MR) is 99.8 cm³/mol. The van der Waals surface area contributed by atoms with E-state index in [9.17, 15) is 15.0 Å². The van der Waals surface area contributed by atoms with Crippen molar-refractivity contribution in [1.82, 2.24) is 0 Å². The number of unbranched alkanes of at least 4 members (excludes halogenated alkanes) is 1. The fraction of sp³-hybridized carbons (Fsp3) is 0.571. The van der Waals surface area contributed by atoms with Gasteiger partial charge in [0.15, 0.2) is 0 Å². The fourth-order valence-electron chi connectivity index (χ4n) is 3.20. The van der Waals surface area contributed by atoms with Crippen LogP contribution >= 0.6 is 0 Å². The van der Waals surface area contributed by atoms with Crippen LogP contribution in [0.2, 0.25) is 0 Å². The molecule has 0 unspecified atom stereocenters. The summed E-state index contributed by atoms with van der Waals surface area (Å²) in [5, 5.41) is 29.2. The topological polar surface area (TPSA) is 90.9 Å². The van der Waals surface area contributed by atoms with Crippen LogP contribution in [0.1, 0.15) is 64.0 Å². The van der Waals surface area contributed by atoms with Crippen molar-refractivity contribution in [1.29, 1.82) is 0 Å². The van der Waals surface area contributed by atoms with E-state index >= 15 is 0 Å². The normalized spacial score (nSPS) is 20.4. The molecule has 27 heavy (non-hydrogen) atoms. The van der Waals surface area contributed by atoms with E-state index in [-0.39, 0.29) is 71.1 Å². The van der Waals surface area contributed by atoms with Crippen LogP contribution in [0.4, 0.5) is 0 Å². The average Bonchev–Trinajstić information content (AvgIpc) is 3.10. The van der Waals surface area contributed by atoms with E-state index in [1.54, 1.807) is 13.0 Å². The van der Waals surface area contributed by atoms with Gasteiger partial charge in [0.25, 0.3) is 0 Å². The minimum atomic E-state index is -0.780. The van der Waals surface area contributed by atoms with E-state index in [2.05, 4.69) is 11.8 Å². The van der Waals surface area contributed by atoms with E-state index < -0.39 is 18.2 Å². The summed E-state index contributed by atoms with van der Waals surface area (Å²) in [7, 11) is 0. The number of aliphatic hydroxyl groups is 2. The summed E-state index contributed by atoms with van der Waals surface area (Å²) < 4.78 is 5.82. The molecule has 144 valence electrons. The summed E-state index contributed by atoms with van der Waals surface area (Å²) in [6, 6.07) is 1.96. The number of hydrogen-bond acceptors (Lipinski definition) is 4. The molecule has 0 saturated heterocycles. The third kappa shape index (κ3) is 7.50. The Morgan fingerprint density at radius 3 is 2.89 bits per heavy atom. The van der Waals surface area contributed by atoms with Crippen LogP contribution in [0.5, 0.6) is 0 Å². The van der Waals surface area contributed by atoms with E-state index in [4.69, 9.17) is 9.52 Å². The Kier molecular flexibility index (Phi) is 11.2. The Morgan fingerprint density at radius 1 is 1.48 bits per heavy atom. The van der Waals surface area contributed by atoms with Gasteiger partial charge in [-0.25, -0.2) is 0 Å². The molecule has 0 fully saturated rings. The van der Waals surface area contributed by atoms with Crippen molar-refractivity contribution in [2.45, 2.75) is 70.5 Å². The number of aliphatic hydroxyl groups excluding tert-OH is 2. The number of rotatable bonds is 9. The monoisotopic (exact) mass is 400 g/mol. The van der Waals surface area contributed by atoms with Gasteiger partial charge >= 0.3 is 57.4 Å². The molecule has 0 aliphatic heterocycles. The van der Waals surface area contributed by atoms with Crippen LogP contribution in [0.3, 0.4) is 0 Å². The number of carboxylic acid groups (broad SMARTS) is 1. The zero-order valence-corrected chi connectivity index (χ0v) is 19.6. The van der Waals surface area contributed by atoms with Gasteiger partial charge in [-0.2, -0.15) is 0 Å². The molecule has 2 rings (SSSR count). The summed E-state index contributed by atoms with van der Waals surface area (Å²) in [6.45, 7) is 3.73. The van der Waals surface area contributed by atoms with Gasteiger partial charge in [-0.05, 0) is 31.7 Å². The number of carbonyl (C=O) groups is 1. The standard InChI is InChI=1S/C21H28O5.K.H/c1-3-4-7-14(2)18(22)11-10-16-17-12-15(8-5-6-9-21(24)25)26-20(17)13-19(16)23;;/h10-12,14,16,18-19,22-23H,5-9,13H2,1-2H3,(H,24,25);;/q;+1;-1/t14-,16+,18+,19+;;/m0../s1. The minimum absolute atomic E-state index is 0. The molecule has 1 aliphatic carbocycles. The minimum Gasteiger partial charge on any atom is -1.00 e. The second-order valence-corrected chi connectivity index (χ2v) is 6.97. The number of hydrogen-bond donors (Lipinski definition) is 3. The summed E-state index contributed by atoms with van der Waals surface area (Å²) in [4.78, 5) is 10.5. The van der Waals surface area contributed by atoms with Gasteiger partial charge in [0.2, 0.25) is 0 Å². The summed E-state index contributed by atoms with van der Waals surface area (Å²) >= 11 is 0. The van der Waals surface area contributed by atoms with Crippen molar-refractivity contribution in [3.8, 4) is 11.8 Å². The molecule has 1 aromatic rings. The van der Waals surface area contributed by atoms with Crippen molar-refractivity contribution >= 4 is 5.97 Å². The molecule has 0 amide bonds. The molecule has 0 radical (unpaired) electrons. The zero-order chi connectivity index (χ0) is 19.1. The van der Waals surface area contributed by atoms with Crippen LogP contribution in [0, 0.1) is 17.8 Å². The third-order valence-electron chi connectivity index (χ3n) is 4.82. The van der Waals surface area contributed by atoms with Crippen molar-refractivity contribution < 1.29 is 77.3 Å². The number of carboxylic acids is 1. The second-order valence-electron chi connectivity index (χ2n) is 6.97. The van der Waals surface area contributed by atoms with E-state index in [0.717, 1.165) is 23.5 Å². The number of fused-ring (bicyclic) bond motifs is 1. The Balaban J connectivity index is 0.00000364. The van der Waals surface area contributed by atoms with Crippen molar-refractivity contribution in [3.05, 3.63) is 35.3 Å². The Morgan fingerprint density at radius 2 is 2.22 bits per heavy atom. The van der Waals surface area contributed by atoms with E-state index in [0.29, 0.717) is 25.7 Å². The molecule has 3 N–H and O–H groups in total. The third-order valence-corrected chi connectivity index (χ3v) is 4.82. The fourth-order valence-corrected chi connectivity index (χ4v) is 3.20. The molecule has 0 spiro atoms. The summed E-state index contributed by atoms with van der Waals surface area (Å²) in [5.74, 6) is 6.50. The van der Waals surface area contributed by atoms with Crippen molar-refractivity contribution in [2.75, 3.05) is 0 Å². The smallest absolute Gasteiger partial charge is 1.00 e. The zero-order valence-electron chi connectivity index (χ0n) is 17.4. The Labute approximate surface area is 205 Å². The largest absolute Gasteiger partial charge is 1.00 e. The van der Waals surface area contributed by atoms with Crippen molar-refractivity contribution in [2.24, 2.45) is 5.92 Å². The maximum atomic E-state index is 10.5. The van der Waals surface area contributed by atoms with Crippen molar-refractivity contribution in [3.63, 3.8) is 0 Å². The summed E-state index contributed by atoms with van der Waals surface area (Å²) in [5.41, 5.74) is 0.968. The maximum absolute atomic E-state index is 10.5. The predicted octanol–water partition coefficient (Wildman–Crippen LogP) is 0.161. The molecule has 6 heteroatoms. The molecule has 1 heterocycles. The van der Waals surface area contributed by atoms with Crippen LogP contribution in [-0.2, 0) is 17.6 Å². The Hall–Kier alpha value is -0.394. The van der Waals surface area contributed by atoms with Gasteiger partial charge in [-0.15, -0.1) is 11.8 Å². The molecule has 0 bridgehead atoms. The molecule has 4 atom stereocenters. The van der Waals surface area contributed by atoms with Gasteiger partial charge < -0.3 is 21.2 Å². The maximum Gasteiger partial charge on any atom is 1.00 e. The first-order valence-electron chi connectivity index (χ1n) is 9.19. The first-order valence-corrected chi connectivity index (χ1v) is 9.19. The van der Waals surface area contributed by atoms with Gasteiger partial charge in [0.05, 0.1) is 12.2 Å². The van der Waals surface area contributed by atoms with Gasteiger partial charge in [0, 0.05) is 37.2 Å². The van der Waals surface area contributed by atoms with Gasteiger partial charge in [-0.3, -0.25) is 4.79 Å². The first-order chi connectivity index (χ1) is 12.4. The van der Waals surface area contributed by atoms with Crippen LogP contribution in [0.15, 0.2) is 22.6 Å². The molecule has 1 aromatic heterocycles. The van der Waals surface area contributed by atoms with Crippen LogP contribution in [-0.4, -0.2) is 33.5 Å². The quantitative estimate of drug-likeness (QED) is 0.238. The molecular weight excluding hydrogens is 371 g/mol. The van der Waals surface area contributed by atoms with E-state index in [1.807, 2.05) is 19.1 Å². The van der Waals surface area contributed by atoms with Crippen LogP contribution in [0.25, 0.3) is 0 Å². The molecule has 5 nitrogen and oxygen atoms in total. The van der Waals surface area contributed by atoms with Crippen LogP contribution < -0.4 is 51.4 Å². The second kappa shape index (κ2) is 12.2. The number of furan rings is 1. The molecule has 0 aromatic carbocycles. The van der Waals surface area contributed by atoms with Gasteiger partial charge in [0.1, 0.15) is 11.5 Å². The first kappa shape index (κ1) is 24.6. The Bertz CT molecular complexity index is 703. The molecule has 1 aliphatic rings. The summed E-state index contributed by atoms with van der Waals surface area (Å²) in [6.07, 6.45) is 5.80. The molecular formula is C21H29KO5. The average molecular weight is 401 g/mol. The number of aryl methyl sites for hydroxylation is 1. The SMILES string of the molecule is CC#CC[C@H](C)[C@H](O)C=C[C@@H]1c2cc(CCCCC(=O)O)oc2C[C@H]1O.[H-].[K+]. The van der Waals surface area contributed by atoms with E-state index in [1.165, 1.54) is 0 Å².